The summed E-state index contributed by atoms with van der Waals surface area (Å²) in [6.07, 6.45) is 4.07. The summed E-state index contributed by atoms with van der Waals surface area (Å²) in [7, 11) is 0. The third-order valence-corrected chi connectivity index (χ3v) is 2.93. The van der Waals surface area contributed by atoms with E-state index in [9.17, 15) is 0 Å². The Morgan fingerprint density at radius 1 is 1.40 bits per heavy atom. The standard InChI is InChI=1S/C13H18N2/c1-3-11(14)7-10-8-15-13-6-9(2)4-5-12(10)13/h4-6,8,11,15H,3,7,14H2,1-2H3/t11-/m1/s1. The average molecular weight is 202 g/mol. The average Bonchev–Trinajstić information content (AvgIpc) is 2.60. The van der Waals surface area contributed by atoms with Gasteiger partial charge in [0, 0.05) is 23.1 Å². The molecule has 80 valence electrons. The first-order valence-corrected chi connectivity index (χ1v) is 5.53. The van der Waals surface area contributed by atoms with Gasteiger partial charge in [-0.2, -0.15) is 0 Å². The lowest BCUT2D eigenvalue weighted by Gasteiger charge is -2.06. The zero-order valence-corrected chi connectivity index (χ0v) is 9.38. The summed E-state index contributed by atoms with van der Waals surface area (Å²) < 4.78 is 0. The van der Waals surface area contributed by atoms with Gasteiger partial charge in [0.2, 0.25) is 0 Å². The third-order valence-electron chi connectivity index (χ3n) is 2.93. The lowest BCUT2D eigenvalue weighted by molar-refractivity contribution is 0.648. The number of nitrogens with one attached hydrogen (secondary N) is 1. The van der Waals surface area contributed by atoms with Crippen molar-refractivity contribution in [3.63, 3.8) is 0 Å². The van der Waals surface area contributed by atoms with Crippen LogP contribution >= 0.6 is 0 Å². The number of hydrogen-bond acceptors (Lipinski definition) is 1. The van der Waals surface area contributed by atoms with Gasteiger partial charge in [-0.1, -0.05) is 19.1 Å². The Morgan fingerprint density at radius 2 is 2.20 bits per heavy atom. The van der Waals surface area contributed by atoms with E-state index in [0.29, 0.717) is 0 Å². The highest BCUT2D eigenvalue weighted by Gasteiger charge is 2.07. The summed E-state index contributed by atoms with van der Waals surface area (Å²) in [6.45, 7) is 4.24. The molecule has 0 saturated heterocycles. The van der Waals surface area contributed by atoms with Gasteiger partial charge in [-0.15, -0.1) is 0 Å². The van der Waals surface area contributed by atoms with Crippen molar-refractivity contribution in [3.05, 3.63) is 35.5 Å². The Bertz CT molecular complexity index is 457. The summed E-state index contributed by atoms with van der Waals surface area (Å²) in [5, 5.41) is 1.31. The van der Waals surface area contributed by atoms with E-state index in [1.54, 1.807) is 0 Å². The van der Waals surface area contributed by atoms with Crippen molar-refractivity contribution in [3.8, 4) is 0 Å². The molecular weight excluding hydrogens is 184 g/mol. The molecule has 0 fully saturated rings. The van der Waals surface area contributed by atoms with E-state index < -0.39 is 0 Å². The van der Waals surface area contributed by atoms with Crippen LogP contribution in [0.2, 0.25) is 0 Å². The van der Waals surface area contributed by atoms with Crippen LogP contribution in [-0.4, -0.2) is 11.0 Å². The molecule has 0 unspecified atom stereocenters. The molecule has 2 heteroatoms. The van der Waals surface area contributed by atoms with E-state index >= 15 is 0 Å². The maximum atomic E-state index is 5.97. The van der Waals surface area contributed by atoms with Crippen molar-refractivity contribution in [2.75, 3.05) is 0 Å². The van der Waals surface area contributed by atoms with Gasteiger partial charge in [-0.05, 0) is 37.0 Å². The first kappa shape index (κ1) is 10.2. The van der Waals surface area contributed by atoms with E-state index in [1.165, 1.54) is 22.0 Å². The van der Waals surface area contributed by atoms with Gasteiger partial charge in [0.05, 0.1) is 0 Å². The van der Waals surface area contributed by atoms with Crippen LogP contribution in [0.25, 0.3) is 10.9 Å². The van der Waals surface area contributed by atoms with Crippen LogP contribution in [0.1, 0.15) is 24.5 Å². The van der Waals surface area contributed by atoms with Crippen LogP contribution in [0.4, 0.5) is 0 Å². The molecule has 0 radical (unpaired) electrons. The number of aromatic nitrogens is 1. The van der Waals surface area contributed by atoms with Crippen molar-refractivity contribution < 1.29 is 0 Å². The minimum atomic E-state index is 0.269. The molecule has 0 amide bonds. The zero-order valence-electron chi connectivity index (χ0n) is 9.38. The van der Waals surface area contributed by atoms with Gasteiger partial charge in [0.15, 0.2) is 0 Å². The molecule has 1 atom stereocenters. The summed E-state index contributed by atoms with van der Waals surface area (Å²) in [5.41, 5.74) is 9.81. The number of H-pyrrole nitrogens is 1. The molecule has 0 aliphatic rings. The predicted octanol–water partition coefficient (Wildman–Crippen LogP) is 2.76. The quantitative estimate of drug-likeness (QED) is 0.789. The van der Waals surface area contributed by atoms with Crippen molar-refractivity contribution in [2.24, 2.45) is 5.73 Å². The molecule has 2 aromatic rings. The Kier molecular flexibility index (Phi) is 2.78. The highest BCUT2D eigenvalue weighted by molar-refractivity contribution is 5.83. The van der Waals surface area contributed by atoms with Gasteiger partial charge >= 0.3 is 0 Å². The van der Waals surface area contributed by atoms with Crippen LogP contribution in [0, 0.1) is 6.92 Å². The molecule has 0 saturated carbocycles. The Labute approximate surface area is 90.5 Å². The number of aryl methyl sites for hydroxylation is 1. The molecule has 2 nitrogen and oxygen atoms in total. The number of nitrogens with two attached hydrogens (primary N) is 1. The summed E-state index contributed by atoms with van der Waals surface area (Å²) in [5.74, 6) is 0. The molecule has 0 spiro atoms. The summed E-state index contributed by atoms with van der Waals surface area (Å²) in [4.78, 5) is 3.30. The second-order valence-electron chi connectivity index (χ2n) is 4.24. The molecule has 1 aromatic heterocycles. The van der Waals surface area contributed by atoms with Gasteiger partial charge in [0.25, 0.3) is 0 Å². The largest absolute Gasteiger partial charge is 0.361 e. The van der Waals surface area contributed by atoms with Crippen LogP contribution in [0.3, 0.4) is 0 Å². The van der Waals surface area contributed by atoms with Crippen LogP contribution < -0.4 is 5.73 Å². The van der Waals surface area contributed by atoms with Crippen molar-refractivity contribution >= 4 is 10.9 Å². The van der Waals surface area contributed by atoms with E-state index in [4.69, 9.17) is 5.73 Å². The normalized spacial score (nSPS) is 13.3. The van der Waals surface area contributed by atoms with E-state index in [1.807, 2.05) is 0 Å². The first-order valence-electron chi connectivity index (χ1n) is 5.53. The summed E-state index contributed by atoms with van der Waals surface area (Å²) >= 11 is 0. The highest BCUT2D eigenvalue weighted by Crippen LogP contribution is 2.20. The maximum Gasteiger partial charge on any atom is 0.0459 e. The predicted molar refractivity (Wildman–Crippen MR) is 65.0 cm³/mol. The number of hydrogen-bond donors (Lipinski definition) is 2. The first-order chi connectivity index (χ1) is 7.20. The molecule has 3 N–H and O–H groups in total. The zero-order chi connectivity index (χ0) is 10.8. The fraction of sp³-hybridized carbons (Fsp3) is 0.385. The minimum Gasteiger partial charge on any atom is -0.361 e. The monoisotopic (exact) mass is 202 g/mol. The van der Waals surface area contributed by atoms with Crippen molar-refractivity contribution in [1.82, 2.24) is 4.98 Å². The van der Waals surface area contributed by atoms with Gasteiger partial charge in [-0.3, -0.25) is 0 Å². The van der Waals surface area contributed by atoms with Crippen LogP contribution in [0.5, 0.6) is 0 Å². The van der Waals surface area contributed by atoms with Gasteiger partial charge in [0.1, 0.15) is 0 Å². The van der Waals surface area contributed by atoms with Crippen LogP contribution in [-0.2, 0) is 6.42 Å². The van der Waals surface area contributed by atoms with E-state index in [2.05, 4.69) is 43.2 Å². The second kappa shape index (κ2) is 4.07. The Morgan fingerprint density at radius 3 is 2.93 bits per heavy atom. The molecule has 2 rings (SSSR count). The molecule has 1 heterocycles. The Balaban J connectivity index is 2.36. The topological polar surface area (TPSA) is 41.8 Å². The smallest absolute Gasteiger partial charge is 0.0459 e. The fourth-order valence-electron chi connectivity index (χ4n) is 1.90. The molecule has 0 aliphatic carbocycles. The molecule has 1 aromatic carbocycles. The van der Waals surface area contributed by atoms with Gasteiger partial charge < -0.3 is 10.7 Å². The van der Waals surface area contributed by atoms with E-state index in [0.717, 1.165) is 12.8 Å². The Hall–Kier alpha value is -1.28. The number of fused-ring (bicyclic) bond motifs is 1. The molecule has 15 heavy (non-hydrogen) atoms. The molecular formula is C13H18N2. The number of rotatable bonds is 3. The number of aromatic amines is 1. The molecule has 0 aliphatic heterocycles. The van der Waals surface area contributed by atoms with E-state index in [-0.39, 0.29) is 6.04 Å². The van der Waals surface area contributed by atoms with Gasteiger partial charge in [-0.25, -0.2) is 0 Å². The summed E-state index contributed by atoms with van der Waals surface area (Å²) in [6, 6.07) is 6.78. The third kappa shape index (κ3) is 2.05. The fourth-order valence-corrected chi connectivity index (χ4v) is 1.90. The lowest BCUT2D eigenvalue weighted by Crippen LogP contribution is -2.21. The molecule has 0 bridgehead atoms. The lowest BCUT2D eigenvalue weighted by atomic mass is 10.0. The highest BCUT2D eigenvalue weighted by atomic mass is 14.7. The van der Waals surface area contributed by atoms with Crippen molar-refractivity contribution in [2.45, 2.75) is 32.7 Å². The minimum absolute atomic E-state index is 0.269. The van der Waals surface area contributed by atoms with Crippen molar-refractivity contribution in [1.29, 1.82) is 0 Å². The van der Waals surface area contributed by atoms with Crippen LogP contribution in [0.15, 0.2) is 24.4 Å². The maximum absolute atomic E-state index is 5.97. The second-order valence-corrected chi connectivity index (χ2v) is 4.24. The number of benzene rings is 1. The SMILES string of the molecule is CC[C@@H](N)Cc1c[nH]c2cc(C)ccc12.